The fourth-order valence-electron chi connectivity index (χ4n) is 1.87. The van der Waals surface area contributed by atoms with E-state index in [4.69, 9.17) is 5.73 Å². The average Bonchev–Trinajstić information content (AvgIpc) is 3.21. The molecule has 1 aliphatic carbocycles. The van der Waals surface area contributed by atoms with Crippen LogP contribution in [0, 0.1) is 0 Å². The molecule has 1 aliphatic rings. The summed E-state index contributed by atoms with van der Waals surface area (Å²) in [6.07, 6.45) is 2.93. The molecule has 0 saturated heterocycles. The van der Waals surface area contributed by atoms with Gasteiger partial charge in [0.05, 0.1) is 11.3 Å². The SMILES string of the molecule is CCC(C)Nc1sc(C(=O)NC2CC2)c(N)c1C(=O)NC. The van der Waals surface area contributed by atoms with E-state index in [0.29, 0.717) is 15.4 Å². The Kier molecular flexibility index (Phi) is 4.72. The summed E-state index contributed by atoms with van der Waals surface area (Å²) in [4.78, 5) is 24.7. The van der Waals surface area contributed by atoms with Gasteiger partial charge in [0.25, 0.3) is 11.8 Å². The average molecular weight is 310 g/mol. The largest absolute Gasteiger partial charge is 0.397 e. The number of nitrogens with one attached hydrogen (secondary N) is 3. The molecule has 6 nitrogen and oxygen atoms in total. The zero-order valence-electron chi connectivity index (χ0n) is 12.6. The van der Waals surface area contributed by atoms with Crippen molar-refractivity contribution < 1.29 is 9.59 Å². The van der Waals surface area contributed by atoms with Gasteiger partial charge in [-0.1, -0.05) is 6.92 Å². The molecule has 5 N–H and O–H groups in total. The molecule has 1 atom stereocenters. The van der Waals surface area contributed by atoms with Crippen molar-refractivity contribution in [3.8, 4) is 0 Å². The molecule has 7 heteroatoms. The standard InChI is InChI=1S/C14H22N4O2S/c1-4-7(2)17-14-9(12(19)16-3)10(15)11(21-14)13(20)18-8-5-6-8/h7-8,17H,4-6,15H2,1-3H3,(H,16,19)(H,18,20). The smallest absolute Gasteiger partial charge is 0.263 e. The van der Waals surface area contributed by atoms with Crippen LogP contribution in [0.15, 0.2) is 0 Å². The van der Waals surface area contributed by atoms with Crippen molar-refractivity contribution in [3.05, 3.63) is 10.4 Å². The van der Waals surface area contributed by atoms with Crippen LogP contribution in [-0.4, -0.2) is 30.9 Å². The summed E-state index contributed by atoms with van der Waals surface area (Å²) in [5, 5.41) is 9.40. The fourth-order valence-corrected chi connectivity index (χ4v) is 3.00. The van der Waals surface area contributed by atoms with Crippen molar-refractivity contribution in [2.45, 2.75) is 45.2 Å². The zero-order valence-corrected chi connectivity index (χ0v) is 13.4. The van der Waals surface area contributed by atoms with Gasteiger partial charge in [-0.3, -0.25) is 9.59 Å². The first kappa shape index (κ1) is 15.6. The summed E-state index contributed by atoms with van der Waals surface area (Å²) in [5.74, 6) is -0.470. The van der Waals surface area contributed by atoms with Gasteiger partial charge in [-0.05, 0) is 26.2 Å². The van der Waals surface area contributed by atoms with Gasteiger partial charge in [0.1, 0.15) is 9.88 Å². The maximum atomic E-state index is 12.2. The lowest BCUT2D eigenvalue weighted by molar-refractivity contribution is 0.0955. The van der Waals surface area contributed by atoms with Crippen LogP contribution in [0.25, 0.3) is 0 Å². The highest BCUT2D eigenvalue weighted by atomic mass is 32.1. The first-order valence-corrected chi connectivity index (χ1v) is 8.01. The predicted octanol–water partition coefficient (Wildman–Crippen LogP) is 1.79. The molecular weight excluding hydrogens is 288 g/mol. The zero-order chi connectivity index (χ0) is 15.6. The Morgan fingerprint density at radius 2 is 2.05 bits per heavy atom. The number of carbonyl (C=O) groups is 2. The predicted molar refractivity (Wildman–Crippen MR) is 86.0 cm³/mol. The van der Waals surface area contributed by atoms with E-state index in [9.17, 15) is 9.59 Å². The summed E-state index contributed by atoms with van der Waals surface area (Å²) in [6.45, 7) is 4.07. The maximum Gasteiger partial charge on any atom is 0.263 e. The third-order valence-electron chi connectivity index (χ3n) is 3.51. The first-order chi connectivity index (χ1) is 9.97. The van der Waals surface area contributed by atoms with E-state index in [2.05, 4.69) is 22.9 Å². The lowest BCUT2D eigenvalue weighted by Crippen LogP contribution is -2.26. The van der Waals surface area contributed by atoms with Crippen LogP contribution in [0.1, 0.15) is 53.1 Å². The van der Waals surface area contributed by atoms with E-state index >= 15 is 0 Å². The number of nitrogen functional groups attached to an aromatic ring is 1. The van der Waals surface area contributed by atoms with Gasteiger partial charge in [0.15, 0.2) is 0 Å². The number of hydrogen-bond donors (Lipinski definition) is 4. The molecule has 1 fully saturated rings. The minimum absolute atomic E-state index is 0.192. The Morgan fingerprint density at radius 1 is 1.38 bits per heavy atom. The van der Waals surface area contributed by atoms with Crippen molar-refractivity contribution in [1.82, 2.24) is 10.6 Å². The van der Waals surface area contributed by atoms with E-state index in [0.717, 1.165) is 19.3 Å². The van der Waals surface area contributed by atoms with E-state index in [1.54, 1.807) is 7.05 Å². The van der Waals surface area contributed by atoms with Gasteiger partial charge in [-0.25, -0.2) is 0 Å². The molecule has 1 aromatic heterocycles. The van der Waals surface area contributed by atoms with Crippen LogP contribution in [0.5, 0.6) is 0 Å². The third-order valence-corrected chi connectivity index (χ3v) is 4.64. The number of anilines is 2. The first-order valence-electron chi connectivity index (χ1n) is 7.19. The lowest BCUT2D eigenvalue weighted by Gasteiger charge is -2.12. The Hall–Kier alpha value is -1.76. The van der Waals surface area contributed by atoms with Crippen LogP contribution in [-0.2, 0) is 0 Å². The van der Waals surface area contributed by atoms with Crippen molar-refractivity contribution >= 4 is 33.8 Å². The Bertz CT molecular complexity index is 551. The molecule has 0 aliphatic heterocycles. The van der Waals surface area contributed by atoms with Crippen LogP contribution in [0.3, 0.4) is 0 Å². The maximum absolute atomic E-state index is 12.2. The summed E-state index contributed by atoms with van der Waals surface area (Å²) in [7, 11) is 1.55. The quantitative estimate of drug-likeness (QED) is 0.644. The van der Waals surface area contributed by atoms with Gasteiger partial charge in [0.2, 0.25) is 0 Å². The highest BCUT2D eigenvalue weighted by Crippen LogP contribution is 2.36. The third kappa shape index (κ3) is 3.47. The highest BCUT2D eigenvalue weighted by Gasteiger charge is 2.29. The summed E-state index contributed by atoms with van der Waals surface area (Å²) in [6, 6.07) is 0.458. The molecule has 0 radical (unpaired) electrons. The van der Waals surface area contributed by atoms with Crippen molar-refractivity contribution in [1.29, 1.82) is 0 Å². The summed E-state index contributed by atoms with van der Waals surface area (Å²) < 4.78 is 0. The highest BCUT2D eigenvalue weighted by molar-refractivity contribution is 7.19. The Labute approximate surface area is 128 Å². The molecule has 2 amide bonds. The van der Waals surface area contributed by atoms with Gasteiger partial charge < -0.3 is 21.7 Å². The molecule has 0 bridgehead atoms. The molecule has 1 unspecified atom stereocenters. The lowest BCUT2D eigenvalue weighted by atomic mass is 10.2. The van der Waals surface area contributed by atoms with E-state index in [1.807, 2.05) is 6.92 Å². The molecule has 1 saturated carbocycles. The van der Waals surface area contributed by atoms with Crippen LogP contribution in [0.2, 0.25) is 0 Å². The second-order valence-corrected chi connectivity index (χ2v) is 6.35. The number of carbonyl (C=O) groups excluding carboxylic acids is 2. The molecule has 1 heterocycles. The molecule has 116 valence electrons. The van der Waals surface area contributed by atoms with Gasteiger partial charge in [-0.2, -0.15) is 0 Å². The van der Waals surface area contributed by atoms with Crippen molar-refractivity contribution in [2.24, 2.45) is 0 Å². The number of thiophene rings is 1. The van der Waals surface area contributed by atoms with Crippen LogP contribution < -0.4 is 21.7 Å². The van der Waals surface area contributed by atoms with E-state index < -0.39 is 0 Å². The van der Waals surface area contributed by atoms with Crippen molar-refractivity contribution in [3.63, 3.8) is 0 Å². The van der Waals surface area contributed by atoms with Crippen molar-refractivity contribution in [2.75, 3.05) is 18.1 Å². The van der Waals surface area contributed by atoms with Gasteiger partial charge in [0, 0.05) is 19.1 Å². The number of hydrogen-bond acceptors (Lipinski definition) is 5. The Morgan fingerprint density at radius 3 is 2.57 bits per heavy atom. The Balaban J connectivity index is 2.32. The molecule has 21 heavy (non-hydrogen) atoms. The van der Waals surface area contributed by atoms with Gasteiger partial charge >= 0.3 is 0 Å². The monoisotopic (exact) mass is 310 g/mol. The number of nitrogens with two attached hydrogens (primary N) is 1. The molecule has 2 rings (SSSR count). The van der Waals surface area contributed by atoms with Crippen LogP contribution in [0.4, 0.5) is 10.7 Å². The van der Waals surface area contributed by atoms with E-state index in [1.165, 1.54) is 11.3 Å². The number of amides is 2. The molecule has 0 spiro atoms. The second-order valence-electron chi connectivity index (χ2n) is 5.33. The summed E-state index contributed by atoms with van der Waals surface area (Å²) in [5.41, 5.74) is 6.66. The van der Waals surface area contributed by atoms with Crippen LogP contribution >= 0.6 is 11.3 Å². The molecule has 1 aromatic rings. The van der Waals surface area contributed by atoms with Gasteiger partial charge in [-0.15, -0.1) is 11.3 Å². The topological polar surface area (TPSA) is 96.2 Å². The minimum Gasteiger partial charge on any atom is -0.397 e. The number of rotatable bonds is 6. The minimum atomic E-state index is -0.278. The fraction of sp³-hybridized carbons (Fsp3) is 0.571. The second kappa shape index (κ2) is 6.34. The summed E-state index contributed by atoms with van der Waals surface area (Å²) >= 11 is 1.24. The normalized spacial score (nSPS) is 15.4. The van der Waals surface area contributed by atoms with E-state index in [-0.39, 0.29) is 29.6 Å². The molecule has 0 aromatic carbocycles. The molecular formula is C14H22N4O2S.